The van der Waals surface area contributed by atoms with Crippen molar-refractivity contribution < 1.29 is 9.72 Å². The monoisotopic (exact) mass is 310 g/mol. The number of hydrogen-bond acceptors (Lipinski definition) is 3. The smallest absolute Gasteiger partial charge is 0.288 e. The summed E-state index contributed by atoms with van der Waals surface area (Å²) in [5.41, 5.74) is 0.0338. The van der Waals surface area contributed by atoms with Gasteiger partial charge in [-0.05, 0) is 43.2 Å². The van der Waals surface area contributed by atoms with Crippen molar-refractivity contribution in [3.05, 3.63) is 38.9 Å². The molecule has 0 aromatic heterocycles. The number of rotatable bonds is 3. The Morgan fingerprint density at radius 1 is 1.38 bits per heavy atom. The van der Waals surface area contributed by atoms with Gasteiger partial charge < -0.3 is 5.32 Å². The summed E-state index contributed by atoms with van der Waals surface area (Å²) in [7, 11) is 0. The zero-order chi connectivity index (χ0) is 15.6. The van der Waals surface area contributed by atoms with E-state index in [1.807, 2.05) is 0 Å². The van der Waals surface area contributed by atoms with Gasteiger partial charge in [0.15, 0.2) is 0 Å². The molecule has 2 rings (SSSR count). The van der Waals surface area contributed by atoms with Crippen LogP contribution in [0.5, 0.6) is 0 Å². The van der Waals surface area contributed by atoms with Crippen LogP contribution in [0.4, 0.5) is 5.69 Å². The summed E-state index contributed by atoms with van der Waals surface area (Å²) >= 11 is 5.75. The van der Waals surface area contributed by atoms with E-state index in [1.54, 1.807) is 0 Å². The van der Waals surface area contributed by atoms with Crippen molar-refractivity contribution in [3.63, 3.8) is 0 Å². The number of amides is 1. The van der Waals surface area contributed by atoms with Crippen molar-refractivity contribution in [3.8, 4) is 0 Å². The standard InChI is InChI=1S/C15H19ClN2O3/c1-9-3-6-13(10(2)7-9)17-15(19)11-4-5-12(16)14(8-11)18(20)21/h4-5,8-10,13H,3,6-7H2,1-2H3,(H,17,19). The van der Waals surface area contributed by atoms with Crippen molar-refractivity contribution in [2.24, 2.45) is 11.8 Å². The maximum absolute atomic E-state index is 12.2. The molecule has 1 aliphatic carbocycles. The highest BCUT2D eigenvalue weighted by Gasteiger charge is 2.27. The van der Waals surface area contributed by atoms with Crippen LogP contribution in [0.2, 0.25) is 5.02 Å². The highest BCUT2D eigenvalue weighted by molar-refractivity contribution is 6.32. The van der Waals surface area contributed by atoms with Crippen molar-refractivity contribution in [1.82, 2.24) is 5.32 Å². The predicted molar refractivity (Wildman–Crippen MR) is 81.5 cm³/mol. The Morgan fingerprint density at radius 2 is 2.10 bits per heavy atom. The van der Waals surface area contributed by atoms with Crippen LogP contribution in [0.3, 0.4) is 0 Å². The Hall–Kier alpha value is -1.62. The first-order chi connectivity index (χ1) is 9.88. The van der Waals surface area contributed by atoms with Gasteiger partial charge in [-0.1, -0.05) is 25.4 Å². The van der Waals surface area contributed by atoms with Crippen molar-refractivity contribution in [2.75, 3.05) is 0 Å². The quantitative estimate of drug-likeness (QED) is 0.681. The summed E-state index contributed by atoms with van der Waals surface area (Å²) in [6.45, 7) is 4.35. The van der Waals surface area contributed by atoms with E-state index in [0.717, 1.165) is 19.3 Å². The SMILES string of the molecule is CC1CCC(NC(=O)c2ccc(Cl)c([N+](=O)[O-])c2)C(C)C1. The van der Waals surface area contributed by atoms with Crippen molar-refractivity contribution >= 4 is 23.2 Å². The van der Waals surface area contributed by atoms with Gasteiger partial charge in [0.2, 0.25) is 0 Å². The van der Waals surface area contributed by atoms with E-state index < -0.39 is 4.92 Å². The fourth-order valence-corrected chi connectivity index (χ4v) is 3.11. The highest BCUT2D eigenvalue weighted by Crippen LogP contribution is 2.29. The van der Waals surface area contributed by atoms with Crippen LogP contribution in [0, 0.1) is 22.0 Å². The minimum atomic E-state index is -0.579. The Labute approximate surface area is 128 Å². The van der Waals surface area contributed by atoms with Gasteiger partial charge in [0.1, 0.15) is 5.02 Å². The summed E-state index contributed by atoms with van der Waals surface area (Å²) in [6, 6.07) is 4.26. The molecule has 3 unspecified atom stereocenters. The van der Waals surface area contributed by atoms with Gasteiger partial charge in [0.25, 0.3) is 11.6 Å². The van der Waals surface area contributed by atoms with Gasteiger partial charge in [0.05, 0.1) is 4.92 Å². The van der Waals surface area contributed by atoms with E-state index >= 15 is 0 Å². The molecule has 5 nitrogen and oxygen atoms in total. The number of nitrogens with zero attached hydrogens (tertiary/aromatic N) is 1. The van der Waals surface area contributed by atoms with Gasteiger partial charge in [-0.15, -0.1) is 0 Å². The lowest BCUT2D eigenvalue weighted by molar-refractivity contribution is -0.384. The Kier molecular flexibility index (Phi) is 4.83. The van der Waals surface area contributed by atoms with Crippen LogP contribution in [-0.4, -0.2) is 16.9 Å². The van der Waals surface area contributed by atoms with E-state index in [0.29, 0.717) is 11.8 Å². The fourth-order valence-electron chi connectivity index (χ4n) is 2.93. The normalized spacial score (nSPS) is 25.4. The third-order valence-electron chi connectivity index (χ3n) is 4.15. The fraction of sp³-hybridized carbons (Fsp3) is 0.533. The first kappa shape index (κ1) is 15.8. The van der Waals surface area contributed by atoms with E-state index in [-0.39, 0.29) is 28.2 Å². The van der Waals surface area contributed by atoms with Crippen LogP contribution in [0.15, 0.2) is 18.2 Å². The zero-order valence-corrected chi connectivity index (χ0v) is 12.9. The maximum atomic E-state index is 12.2. The summed E-state index contributed by atoms with van der Waals surface area (Å²) in [5.74, 6) is 0.825. The summed E-state index contributed by atoms with van der Waals surface area (Å²) < 4.78 is 0. The average Bonchev–Trinajstić information content (AvgIpc) is 2.42. The number of hydrogen-bond donors (Lipinski definition) is 1. The van der Waals surface area contributed by atoms with Crippen LogP contribution in [-0.2, 0) is 0 Å². The highest BCUT2D eigenvalue weighted by atomic mass is 35.5. The van der Waals surface area contributed by atoms with E-state index in [4.69, 9.17) is 11.6 Å². The van der Waals surface area contributed by atoms with Crippen LogP contribution in [0.1, 0.15) is 43.5 Å². The van der Waals surface area contributed by atoms with Crippen molar-refractivity contribution in [1.29, 1.82) is 0 Å². The molecule has 1 fully saturated rings. The molecule has 1 saturated carbocycles. The molecule has 6 heteroatoms. The van der Waals surface area contributed by atoms with E-state index in [2.05, 4.69) is 19.2 Å². The van der Waals surface area contributed by atoms with Gasteiger partial charge in [0, 0.05) is 17.7 Å². The third kappa shape index (κ3) is 3.73. The maximum Gasteiger partial charge on any atom is 0.288 e. The molecule has 1 aromatic carbocycles. The topological polar surface area (TPSA) is 72.2 Å². The summed E-state index contributed by atoms with van der Waals surface area (Å²) in [5, 5.41) is 13.9. The summed E-state index contributed by atoms with van der Waals surface area (Å²) in [6.07, 6.45) is 3.13. The number of carbonyl (C=O) groups excluding carboxylic acids is 1. The molecule has 0 saturated heterocycles. The molecule has 0 heterocycles. The second-order valence-electron chi connectivity index (χ2n) is 5.90. The lowest BCUT2D eigenvalue weighted by Gasteiger charge is -2.33. The Morgan fingerprint density at radius 3 is 2.71 bits per heavy atom. The summed E-state index contributed by atoms with van der Waals surface area (Å²) in [4.78, 5) is 22.5. The molecule has 1 aliphatic rings. The van der Waals surface area contributed by atoms with Gasteiger partial charge in [-0.2, -0.15) is 0 Å². The number of nitro benzene ring substituents is 1. The van der Waals surface area contributed by atoms with Crippen LogP contribution >= 0.6 is 11.6 Å². The predicted octanol–water partition coefficient (Wildman–Crippen LogP) is 3.80. The average molecular weight is 311 g/mol. The molecule has 0 spiro atoms. The van der Waals surface area contributed by atoms with Gasteiger partial charge in [-0.3, -0.25) is 14.9 Å². The minimum absolute atomic E-state index is 0.0383. The minimum Gasteiger partial charge on any atom is -0.349 e. The molecule has 0 radical (unpaired) electrons. The largest absolute Gasteiger partial charge is 0.349 e. The number of carbonyl (C=O) groups is 1. The molecule has 21 heavy (non-hydrogen) atoms. The first-order valence-electron chi connectivity index (χ1n) is 7.13. The van der Waals surface area contributed by atoms with Crippen LogP contribution < -0.4 is 5.32 Å². The second-order valence-corrected chi connectivity index (χ2v) is 6.31. The van der Waals surface area contributed by atoms with E-state index in [1.165, 1.54) is 18.2 Å². The molecular formula is C15H19ClN2O3. The number of nitro groups is 1. The molecule has 114 valence electrons. The molecular weight excluding hydrogens is 292 g/mol. The number of halogens is 1. The third-order valence-corrected chi connectivity index (χ3v) is 4.47. The number of nitrogens with one attached hydrogen (secondary N) is 1. The molecule has 0 aliphatic heterocycles. The molecule has 0 bridgehead atoms. The van der Waals surface area contributed by atoms with Gasteiger partial charge in [-0.25, -0.2) is 0 Å². The molecule has 1 aromatic rings. The molecule has 1 N–H and O–H groups in total. The zero-order valence-electron chi connectivity index (χ0n) is 12.1. The Balaban J connectivity index is 2.10. The van der Waals surface area contributed by atoms with Gasteiger partial charge >= 0.3 is 0 Å². The van der Waals surface area contributed by atoms with Crippen LogP contribution in [0.25, 0.3) is 0 Å². The lowest BCUT2D eigenvalue weighted by atomic mass is 9.80. The first-order valence-corrected chi connectivity index (χ1v) is 7.51. The molecule has 1 amide bonds. The number of benzene rings is 1. The Bertz CT molecular complexity index is 562. The van der Waals surface area contributed by atoms with Crippen molar-refractivity contribution in [2.45, 2.75) is 39.2 Å². The molecule has 3 atom stereocenters. The van der Waals surface area contributed by atoms with E-state index in [9.17, 15) is 14.9 Å². The lowest BCUT2D eigenvalue weighted by Crippen LogP contribution is -2.42. The second kappa shape index (κ2) is 6.43.